The number of rotatable bonds is 4. The molecule has 0 spiro atoms. The number of fused-ring (bicyclic) bond motifs is 1. The van der Waals surface area contributed by atoms with Crippen LogP contribution in [0.4, 0.5) is 5.69 Å². The Morgan fingerprint density at radius 2 is 1.50 bits per heavy atom. The summed E-state index contributed by atoms with van der Waals surface area (Å²) in [5, 5.41) is 2.60. The summed E-state index contributed by atoms with van der Waals surface area (Å²) < 4.78 is 24.3. The van der Waals surface area contributed by atoms with Gasteiger partial charge in [-0.2, -0.15) is 0 Å². The van der Waals surface area contributed by atoms with Crippen molar-refractivity contribution in [3.8, 4) is 0 Å². The number of benzene rings is 3. The first-order valence-electron chi connectivity index (χ1n) is 6.57. The van der Waals surface area contributed by atoms with E-state index in [1.807, 2.05) is 42.5 Å². The fraction of sp³-hybridized carbons (Fsp3) is 0. The van der Waals surface area contributed by atoms with E-state index >= 15 is 0 Å². The van der Waals surface area contributed by atoms with Crippen molar-refractivity contribution in [2.45, 2.75) is 4.90 Å². The molecule has 3 rings (SSSR count). The lowest BCUT2D eigenvalue weighted by Crippen LogP contribution is -2.29. The van der Waals surface area contributed by atoms with E-state index in [0.29, 0.717) is 10.7 Å². The van der Waals surface area contributed by atoms with Crippen LogP contribution in [0.2, 0.25) is 5.02 Å². The van der Waals surface area contributed by atoms with Crippen molar-refractivity contribution in [1.82, 2.24) is 4.83 Å². The van der Waals surface area contributed by atoms with Gasteiger partial charge in [0.25, 0.3) is 10.0 Å². The van der Waals surface area contributed by atoms with Crippen LogP contribution < -0.4 is 10.3 Å². The smallest absolute Gasteiger partial charge is 0.257 e. The first-order valence-corrected chi connectivity index (χ1v) is 8.43. The van der Waals surface area contributed by atoms with Crippen LogP contribution in [-0.4, -0.2) is 8.42 Å². The van der Waals surface area contributed by atoms with Gasteiger partial charge in [-0.15, -0.1) is 4.83 Å². The highest BCUT2D eigenvalue weighted by Gasteiger charge is 2.13. The number of hydrazine groups is 1. The molecule has 0 saturated heterocycles. The van der Waals surface area contributed by atoms with Crippen LogP contribution in [0.15, 0.2) is 71.6 Å². The van der Waals surface area contributed by atoms with Gasteiger partial charge in [0.2, 0.25) is 0 Å². The molecule has 0 aliphatic heterocycles. The second-order valence-corrected chi connectivity index (χ2v) is 6.87. The summed E-state index contributed by atoms with van der Waals surface area (Å²) in [6, 6.07) is 19.4. The second kappa shape index (κ2) is 5.96. The lowest BCUT2D eigenvalue weighted by atomic mass is 10.1. The minimum absolute atomic E-state index is 0.144. The number of hydrogen-bond acceptors (Lipinski definition) is 3. The maximum Gasteiger partial charge on any atom is 0.257 e. The van der Waals surface area contributed by atoms with Crippen LogP contribution in [0.3, 0.4) is 0 Å². The molecular formula is C16H13ClN2O2S. The number of anilines is 1. The highest BCUT2D eigenvalue weighted by molar-refractivity contribution is 7.89. The predicted octanol–water partition coefficient (Wildman–Crippen LogP) is 3.80. The minimum atomic E-state index is -3.65. The predicted molar refractivity (Wildman–Crippen MR) is 89.3 cm³/mol. The van der Waals surface area contributed by atoms with Crippen molar-refractivity contribution in [3.05, 3.63) is 71.8 Å². The van der Waals surface area contributed by atoms with Crippen molar-refractivity contribution < 1.29 is 8.42 Å². The first kappa shape index (κ1) is 14.8. The van der Waals surface area contributed by atoms with Gasteiger partial charge in [0.15, 0.2) is 0 Å². The summed E-state index contributed by atoms with van der Waals surface area (Å²) in [6.07, 6.45) is 0. The Labute approximate surface area is 133 Å². The highest BCUT2D eigenvalue weighted by atomic mass is 35.5. The fourth-order valence-corrected chi connectivity index (χ4v) is 3.06. The van der Waals surface area contributed by atoms with Gasteiger partial charge in [0, 0.05) is 5.02 Å². The van der Waals surface area contributed by atoms with Gasteiger partial charge in [-0.1, -0.05) is 41.9 Å². The van der Waals surface area contributed by atoms with E-state index in [2.05, 4.69) is 10.3 Å². The molecule has 3 aromatic rings. The molecule has 4 nitrogen and oxygen atoms in total. The number of halogens is 1. The summed E-state index contributed by atoms with van der Waals surface area (Å²) in [7, 11) is -3.65. The molecule has 0 aliphatic carbocycles. The van der Waals surface area contributed by atoms with Crippen LogP contribution >= 0.6 is 11.6 Å². The molecule has 0 bridgehead atoms. The molecule has 0 heterocycles. The molecule has 22 heavy (non-hydrogen) atoms. The van der Waals surface area contributed by atoms with Gasteiger partial charge in [-0.05, 0) is 47.2 Å². The molecule has 0 unspecified atom stereocenters. The van der Waals surface area contributed by atoms with Gasteiger partial charge in [0.05, 0.1) is 10.6 Å². The molecule has 0 aromatic heterocycles. The molecular weight excluding hydrogens is 320 g/mol. The van der Waals surface area contributed by atoms with Crippen LogP contribution in [0.25, 0.3) is 10.8 Å². The Balaban J connectivity index is 1.79. The third kappa shape index (κ3) is 3.22. The zero-order valence-electron chi connectivity index (χ0n) is 11.5. The van der Waals surface area contributed by atoms with Crippen molar-refractivity contribution >= 4 is 38.1 Å². The quantitative estimate of drug-likeness (QED) is 0.714. The van der Waals surface area contributed by atoms with E-state index < -0.39 is 10.0 Å². The van der Waals surface area contributed by atoms with Crippen molar-refractivity contribution in [2.24, 2.45) is 0 Å². The number of nitrogens with one attached hydrogen (secondary N) is 2. The van der Waals surface area contributed by atoms with Crippen molar-refractivity contribution in [2.75, 3.05) is 5.43 Å². The third-order valence-electron chi connectivity index (χ3n) is 3.20. The summed E-state index contributed by atoms with van der Waals surface area (Å²) in [5.41, 5.74) is 3.38. The molecule has 2 N–H and O–H groups in total. The van der Waals surface area contributed by atoms with Crippen LogP contribution in [0.1, 0.15) is 0 Å². The topological polar surface area (TPSA) is 58.2 Å². The van der Waals surface area contributed by atoms with Crippen molar-refractivity contribution in [3.63, 3.8) is 0 Å². The van der Waals surface area contributed by atoms with E-state index in [1.54, 1.807) is 0 Å². The van der Waals surface area contributed by atoms with E-state index in [1.165, 1.54) is 24.3 Å². The van der Waals surface area contributed by atoms with Gasteiger partial charge in [-0.3, -0.25) is 0 Å². The average Bonchev–Trinajstić information content (AvgIpc) is 2.53. The zero-order valence-corrected chi connectivity index (χ0v) is 13.0. The third-order valence-corrected chi connectivity index (χ3v) is 4.72. The van der Waals surface area contributed by atoms with Crippen molar-refractivity contribution in [1.29, 1.82) is 0 Å². The van der Waals surface area contributed by atoms with Gasteiger partial charge < -0.3 is 5.43 Å². The maximum absolute atomic E-state index is 12.2. The maximum atomic E-state index is 12.2. The Kier molecular flexibility index (Phi) is 4.02. The monoisotopic (exact) mass is 332 g/mol. The highest BCUT2D eigenvalue weighted by Crippen LogP contribution is 2.19. The average molecular weight is 333 g/mol. The minimum Gasteiger partial charge on any atom is -0.308 e. The SMILES string of the molecule is O=S(=O)(NNc1ccc2ccccc2c1)c1ccc(Cl)cc1. The van der Waals surface area contributed by atoms with E-state index in [4.69, 9.17) is 11.6 Å². The lowest BCUT2D eigenvalue weighted by Gasteiger charge is -2.10. The molecule has 0 amide bonds. The molecule has 6 heteroatoms. The lowest BCUT2D eigenvalue weighted by molar-refractivity contribution is 0.588. The number of hydrogen-bond donors (Lipinski definition) is 2. The van der Waals surface area contributed by atoms with Crippen LogP contribution in [-0.2, 0) is 10.0 Å². The summed E-state index contributed by atoms with van der Waals surface area (Å²) >= 11 is 5.76. The number of sulfonamides is 1. The van der Waals surface area contributed by atoms with Crippen LogP contribution in [0, 0.1) is 0 Å². The van der Waals surface area contributed by atoms with Crippen LogP contribution in [0.5, 0.6) is 0 Å². The van der Waals surface area contributed by atoms with E-state index in [-0.39, 0.29) is 4.90 Å². The Morgan fingerprint density at radius 3 is 2.23 bits per heavy atom. The summed E-state index contributed by atoms with van der Waals surface area (Å²) in [6.45, 7) is 0. The molecule has 0 radical (unpaired) electrons. The molecule has 0 saturated carbocycles. The van der Waals surface area contributed by atoms with Gasteiger partial charge in [0.1, 0.15) is 0 Å². The standard InChI is InChI=1S/C16H13ClN2O2S/c17-14-6-9-16(10-7-14)22(20,21)19-18-15-8-5-12-3-1-2-4-13(12)11-15/h1-11,18-19H. The van der Waals surface area contributed by atoms with E-state index in [0.717, 1.165) is 10.8 Å². The Hall–Kier alpha value is -2.08. The second-order valence-electron chi connectivity index (χ2n) is 4.75. The molecule has 112 valence electrons. The molecule has 3 aromatic carbocycles. The largest absolute Gasteiger partial charge is 0.308 e. The molecule has 0 fully saturated rings. The molecule has 0 aliphatic rings. The van der Waals surface area contributed by atoms with E-state index in [9.17, 15) is 8.42 Å². The summed E-state index contributed by atoms with van der Waals surface area (Å²) in [4.78, 5) is 2.50. The van der Waals surface area contributed by atoms with Gasteiger partial charge in [-0.25, -0.2) is 8.42 Å². The first-order chi connectivity index (χ1) is 10.5. The molecule has 0 atom stereocenters. The fourth-order valence-electron chi connectivity index (χ4n) is 2.07. The zero-order chi connectivity index (χ0) is 15.6. The Bertz CT molecular complexity index is 909. The normalized spacial score (nSPS) is 11.5. The summed E-state index contributed by atoms with van der Waals surface area (Å²) in [5.74, 6) is 0. The van der Waals surface area contributed by atoms with Gasteiger partial charge >= 0.3 is 0 Å². The Morgan fingerprint density at radius 1 is 0.818 bits per heavy atom.